The maximum Gasteiger partial charge on any atom is 0.335 e. The van der Waals surface area contributed by atoms with Crippen molar-refractivity contribution in [1.29, 1.82) is 0 Å². The van der Waals surface area contributed by atoms with Crippen molar-refractivity contribution < 1.29 is 14.3 Å². The molecule has 2 N–H and O–H groups in total. The van der Waals surface area contributed by atoms with Crippen LogP contribution in [0.1, 0.15) is 43.6 Å². The molecular formula is C15H22FNO2. The summed E-state index contributed by atoms with van der Waals surface area (Å²) < 4.78 is 13.6. The van der Waals surface area contributed by atoms with Crippen LogP contribution in [0.25, 0.3) is 0 Å². The molecule has 1 rings (SSSR count). The Kier molecular flexibility index (Phi) is 5.06. The van der Waals surface area contributed by atoms with Gasteiger partial charge in [0.15, 0.2) is 0 Å². The summed E-state index contributed by atoms with van der Waals surface area (Å²) >= 11 is 0. The van der Waals surface area contributed by atoms with E-state index >= 15 is 0 Å². The molecule has 0 aliphatic rings. The molecule has 3 nitrogen and oxygen atoms in total. The van der Waals surface area contributed by atoms with E-state index in [0.29, 0.717) is 18.0 Å². The first-order valence-electron chi connectivity index (χ1n) is 6.46. The predicted molar refractivity (Wildman–Crippen MR) is 73.7 cm³/mol. The van der Waals surface area contributed by atoms with Crippen LogP contribution in [-0.4, -0.2) is 17.6 Å². The van der Waals surface area contributed by atoms with E-state index in [2.05, 4.69) is 33.0 Å². The van der Waals surface area contributed by atoms with Gasteiger partial charge in [0.25, 0.3) is 0 Å². The Bertz CT molecular complexity index is 455. The van der Waals surface area contributed by atoms with E-state index in [1.165, 1.54) is 18.2 Å². The lowest BCUT2D eigenvalue weighted by atomic mass is 9.81. The number of hydrogen-bond acceptors (Lipinski definition) is 2. The minimum Gasteiger partial charge on any atom is -0.478 e. The minimum atomic E-state index is -1.04. The highest BCUT2D eigenvalue weighted by atomic mass is 19.1. The van der Waals surface area contributed by atoms with Gasteiger partial charge in [-0.15, -0.1) is 0 Å². The summed E-state index contributed by atoms with van der Waals surface area (Å²) in [6.07, 6.45) is 0. The fourth-order valence-corrected chi connectivity index (χ4v) is 1.57. The molecule has 0 aliphatic heterocycles. The zero-order valence-corrected chi connectivity index (χ0v) is 12.0. The van der Waals surface area contributed by atoms with Gasteiger partial charge in [0.2, 0.25) is 0 Å². The molecule has 0 saturated carbocycles. The van der Waals surface area contributed by atoms with Crippen molar-refractivity contribution in [3.05, 3.63) is 35.1 Å². The number of benzene rings is 1. The van der Waals surface area contributed by atoms with E-state index in [0.717, 1.165) is 6.54 Å². The fourth-order valence-electron chi connectivity index (χ4n) is 1.57. The monoisotopic (exact) mass is 267 g/mol. The van der Waals surface area contributed by atoms with Gasteiger partial charge in [-0.2, -0.15) is 0 Å². The highest BCUT2D eigenvalue weighted by Gasteiger charge is 2.21. The fraction of sp³-hybridized carbons (Fsp3) is 0.533. The van der Waals surface area contributed by atoms with Crippen LogP contribution in [0.3, 0.4) is 0 Å². The molecular weight excluding hydrogens is 245 g/mol. The van der Waals surface area contributed by atoms with Gasteiger partial charge in [-0.25, -0.2) is 9.18 Å². The summed E-state index contributed by atoms with van der Waals surface area (Å²) in [4.78, 5) is 10.8. The number of hydrogen-bond donors (Lipinski definition) is 2. The highest BCUT2D eigenvalue weighted by Crippen LogP contribution is 2.24. The molecule has 4 heteroatoms. The third kappa shape index (κ3) is 4.31. The Hall–Kier alpha value is -1.42. The number of aromatic carboxylic acids is 1. The molecule has 0 spiro atoms. The summed E-state index contributed by atoms with van der Waals surface area (Å²) in [6.45, 7) is 9.68. The molecule has 19 heavy (non-hydrogen) atoms. The average molecular weight is 267 g/mol. The lowest BCUT2D eigenvalue weighted by Crippen LogP contribution is -2.33. The second-order valence-corrected chi connectivity index (χ2v) is 5.86. The molecule has 0 bridgehead atoms. The smallest absolute Gasteiger partial charge is 0.335 e. The summed E-state index contributed by atoms with van der Waals surface area (Å²) in [7, 11) is 0. The first-order chi connectivity index (χ1) is 8.74. The van der Waals surface area contributed by atoms with Crippen LogP contribution >= 0.6 is 0 Å². The number of halogens is 1. The van der Waals surface area contributed by atoms with E-state index in [1.807, 2.05) is 0 Å². The molecule has 0 saturated heterocycles. The zero-order valence-electron chi connectivity index (χ0n) is 12.0. The first-order valence-corrected chi connectivity index (χ1v) is 6.46. The van der Waals surface area contributed by atoms with Gasteiger partial charge in [0.1, 0.15) is 5.82 Å². The Morgan fingerprint density at radius 3 is 2.58 bits per heavy atom. The quantitative estimate of drug-likeness (QED) is 0.831. The standard InChI is InChI=1S/C15H22FNO2/c1-10(2)15(3,4)9-17-8-12-7-11(14(18)19)5-6-13(12)16/h5-7,10,17H,8-9H2,1-4H3,(H,18,19). The highest BCUT2D eigenvalue weighted by molar-refractivity contribution is 5.87. The molecule has 0 aliphatic carbocycles. The van der Waals surface area contributed by atoms with Crippen molar-refractivity contribution in [2.45, 2.75) is 34.2 Å². The predicted octanol–water partition coefficient (Wildman–Crippen LogP) is 3.30. The largest absolute Gasteiger partial charge is 0.478 e. The minimum absolute atomic E-state index is 0.112. The Morgan fingerprint density at radius 1 is 1.42 bits per heavy atom. The van der Waals surface area contributed by atoms with Crippen molar-refractivity contribution in [3.63, 3.8) is 0 Å². The second kappa shape index (κ2) is 6.15. The molecule has 0 fully saturated rings. The topological polar surface area (TPSA) is 49.3 Å². The van der Waals surface area contributed by atoms with E-state index in [9.17, 15) is 9.18 Å². The van der Waals surface area contributed by atoms with Crippen LogP contribution in [0.5, 0.6) is 0 Å². The summed E-state index contributed by atoms with van der Waals surface area (Å²) in [5, 5.41) is 12.1. The van der Waals surface area contributed by atoms with Gasteiger partial charge < -0.3 is 10.4 Å². The third-order valence-electron chi connectivity index (χ3n) is 3.75. The zero-order chi connectivity index (χ0) is 14.6. The van der Waals surface area contributed by atoms with Gasteiger partial charge in [-0.3, -0.25) is 0 Å². The van der Waals surface area contributed by atoms with Crippen molar-refractivity contribution in [2.75, 3.05) is 6.54 Å². The molecule has 0 heterocycles. The van der Waals surface area contributed by atoms with Crippen molar-refractivity contribution >= 4 is 5.97 Å². The van der Waals surface area contributed by atoms with Gasteiger partial charge in [0.05, 0.1) is 5.56 Å². The number of nitrogens with one attached hydrogen (secondary N) is 1. The summed E-state index contributed by atoms with van der Waals surface area (Å²) in [6, 6.07) is 3.86. The molecule has 0 atom stereocenters. The van der Waals surface area contributed by atoms with Gasteiger partial charge >= 0.3 is 5.97 Å². The molecule has 0 amide bonds. The summed E-state index contributed by atoms with van der Waals surface area (Å²) in [5.74, 6) is -0.904. The molecule has 1 aromatic carbocycles. The van der Waals surface area contributed by atoms with Crippen LogP contribution < -0.4 is 5.32 Å². The van der Waals surface area contributed by atoms with Crippen LogP contribution in [0.2, 0.25) is 0 Å². The SMILES string of the molecule is CC(C)C(C)(C)CNCc1cc(C(=O)O)ccc1F. The Morgan fingerprint density at radius 2 is 2.05 bits per heavy atom. The summed E-state index contributed by atoms with van der Waals surface area (Å²) in [5.41, 5.74) is 0.613. The third-order valence-corrected chi connectivity index (χ3v) is 3.75. The maximum absolute atomic E-state index is 13.6. The van der Waals surface area contributed by atoms with E-state index in [-0.39, 0.29) is 16.8 Å². The molecule has 1 aromatic rings. The molecule has 106 valence electrons. The van der Waals surface area contributed by atoms with E-state index in [4.69, 9.17) is 5.11 Å². The molecule has 0 aromatic heterocycles. The Balaban J connectivity index is 2.68. The number of rotatable bonds is 6. The van der Waals surface area contributed by atoms with Crippen LogP contribution in [0.4, 0.5) is 4.39 Å². The number of carbonyl (C=O) groups is 1. The lowest BCUT2D eigenvalue weighted by Gasteiger charge is -2.29. The second-order valence-electron chi connectivity index (χ2n) is 5.86. The number of carboxylic acids is 1. The van der Waals surface area contributed by atoms with Gasteiger partial charge in [0, 0.05) is 18.7 Å². The molecule has 0 radical (unpaired) electrons. The molecule has 0 unspecified atom stereocenters. The van der Waals surface area contributed by atoms with Crippen LogP contribution in [-0.2, 0) is 6.54 Å². The average Bonchev–Trinajstić information content (AvgIpc) is 2.30. The normalized spacial score (nSPS) is 11.9. The maximum atomic E-state index is 13.6. The number of carboxylic acid groups (broad SMARTS) is 1. The van der Waals surface area contributed by atoms with E-state index < -0.39 is 5.97 Å². The first kappa shape index (κ1) is 15.6. The van der Waals surface area contributed by atoms with Crippen LogP contribution in [0.15, 0.2) is 18.2 Å². The Labute approximate surface area is 113 Å². The van der Waals surface area contributed by atoms with E-state index in [1.54, 1.807) is 0 Å². The lowest BCUT2D eigenvalue weighted by molar-refractivity contribution is 0.0696. The van der Waals surface area contributed by atoms with Gasteiger partial charge in [-0.1, -0.05) is 27.7 Å². The van der Waals surface area contributed by atoms with Crippen LogP contribution in [0, 0.1) is 17.2 Å². The van der Waals surface area contributed by atoms with Crippen molar-refractivity contribution in [2.24, 2.45) is 11.3 Å². The van der Waals surface area contributed by atoms with Gasteiger partial charge in [-0.05, 0) is 29.5 Å². The van der Waals surface area contributed by atoms with Crippen molar-refractivity contribution in [3.8, 4) is 0 Å². The van der Waals surface area contributed by atoms with Crippen molar-refractivity contribution in [1.82, 2.24) is 5.32 Å².